The molecule has 0 aromatic heterocycles. The van der Waals surface area contributed by atoms with Gasteiger partial charge in [-0.2, -0.15) is 0 Å². The van der Waals surface area contributed by atoms with E-state index in [1.807, 2.05) is 0 Å². The van der Waals surface area contributed by atoms with Gasteiger partial charge in [-0.25, -0.2) is 0 Å². The molecule has 0 bridgehead atoms. The summed E-state index contributed by atoms with van der Waals surface area (Å²) in [4.78, 5) is 22.7. The lowest BCUT2D eigenvalue weighted by Gasteiger charge is -2.23. The van der Waals surface area contributed by atoms with E-state index in [0.29, 0.717) is 6.54 Å². The lowest BCUT2D eigenvalue weighted by Crippen LogP contribution is -2.28. The van der Waals surface area contributed by atoms with Crippen molar-refractivity contribution in [2.45, 2.75) is 13.8 Å². The molecule has 0 aliphatic heterocycles. The number of nitro groups is 1. The van der Waals surface area contributed by atoms with Crippen molar-refractivity contribution in [2.75, 3.05) is 18.5 Å². The van der Waals surface area contributed by atoms with Gasteiger partial charge in [-0.15, -0.1) is 0 Å². The Hall–Kier alpha value is -2.11. The van der Waals surface area contributed by atoms with Crippen LogP contribution in [0.5, 0.6) is 0 Å². The minimum Gasteiger partial charge on any atom is -0.481 e. The Bertz CT molecular complexity index is 473. The van der Waals surface area contributed by atoms with Gasteiger partial charge in [0.25, 0.3) is 5.69 Å². The second kappa shape index (κ2) is 5.48. The maximum Gasteiger partial charge on any atom is 0.308 e. The zero-order valence-electron chi connectivity index (χ0n) is 10.6. The van der Waals surface area contributed by atoms with Crippen molar-refractivity contribution in [2.24, 2.45) is 5.92 Å². The number of aliphatic carboxylic acids is 1. The molecule has 6 heteroatoms. The van der Waals surface area contributed by atoms with Crippen molar-refractivity contribution in [3.05, 3.63) is 33.9 Å². The number of carboxylic acid groups (broad SMARTS) is 1. The topological polar surface area (TPSA) is 83.7 Å². The maximum atomic E-state index is 10.8. The van der Waals surface area contributed by atoms with Gasteiger partial charge in [0.05, 0.1) is 10.8 Å². The van der Waals surface area contributed by atoms with Crippen LogP contribution in [0.3, 0.4) is 0 Å². The van der Waals surface area contributed by atoms with Gasteiger partial charge in [-0.05, 0) is 18.6 Å². The molecule has 18 heavy (non-hydrogen) atoms. The molecule has 0 heterocycles. The highest BCUT2D eigenvalue weighted by Crippen LogP contribution is 2.24. The van der Waals surface area contributed by atoms with E-state index in [0.717, 1.165) is 11.3 Å². The molecule has 98 valence electrons. The van der Waals surface area contributed by atoms with Crippen LogP contribution in [0.1, 0.15) is 12.5 Å². The summed E-state index contributed by atoms with van der Waals surface area (Å²) < 4.78 is 0. The summed E-state index contributed by atoms with van der Waals surface area (Å²) in [6.45, 7) is 3.75. The van der Waals surface area contributed by atoms with Crippen LogP contribution < -0.4 is 4.90 Å². The molecule has 0 aliphatic carbocycles. The number of benzene rings is 1. The van der Waals surface area contributed by atoms with Crippen LogP contribution in [0.2, 0.25) is 0 Å². The van der Waals surface area contributed by atoms with Crippen molar-refractivity contribution in [1.82, 2.24) is 0 Å². The second-order valence-electron chi connectivity index (χ2n) is 4.35. The summed E-state index contributed by atoms with van der Waals surface area (Å²) >= 11 is 0. The zero-order valence-corrected chi connectivity index (χ0v) is 10.6. The summed E-state index contributed by atoms with van der Waals surface area (Å²) in [5.74, 6) is -1.36. The first kappa shape index (κ1) is 14.0. The van der Waals surface area contributed by atoms with Gasteiger partial charge < -0.3 is 10.0 Å². The van der Waals surface area contributed by atoms with Crippen molar-refractivity contribution >= 4 is 17.3 Å². The van der Waals surface area contributed by atoms with Crippen LogP contribution in [-0.2, 0) is 4.79 Å². The molecule has 1 atom stereocenters. The molecule has 1 N–H and O–H groups in total. The molecule has 6 nitrogen and oxygen atoms in total. The normalized spacial score (nSPS) is 11.9. The first-order valence-corrected chi connectivity index (χ1v) is 5.52. The number of carboxylic acids is 1. The van der Waals surface area contributed by atoms with E-state index in [-0.39, 0.29) is 5.69 Å². The molecule has 0 fully saturated rings. The van der Waals surface area contributed by atoms with Gasteiger partial charge in [0.2, 0.25) is 0 Å². The highest BCUT2D eigenvalue weighted by Gasteiger charge is 2.16. The third-order valence-electron chi connectivity index (χ3n) is 2.77. The minimum atomic E-state index is -0.860. The molecule has 1 aromatic rings. The second-order valence-corrected chi connectivity index (χ2v) is 4.35. The number of hydrogen-bond donors (Lipinski definition) is 1. The number of non-ortho nitro benzene ring substituents is 1. The number of anilines is 1. The Labute approximate surface area is 105 Å². The molecule has 0 spiro atoms. The first-order valence-electron chi connectivity index (χ1n) is 5.52. The molecule has 1 aromatic carbocycles. The summed E-state index contributed by atoms with van der Waals surface area (Å²) in [6.07, 6.45) is 0. The van der Waals surface area contributed by atoms with Crippen molar-refractivity contribution < 1.29 is 14.8 Å². The Balaban J connectivity index is 2.90. The Kier molecular flexibility index (Phi) is 4.25. The Morgan fingerprint density at radius 3 is 2.61 bits per heavy atom. The van der Waals surface area contributed by atoms with E-state index in [2.05, 4.69) is 0 Å². The van der Waals surface area contributed by atoms with E-state index in [1.165, 1.54) is 12.1 Å². The number of aryl methyl sites for hydroxylation is 1. The van der Waals surface area contributed by atoms with Crippen LogP contribution in [0.15, 0.2) is 18.2 Å². The van der Waals surface area contributed by atoms with Gasteiger partial charge in [-0.1, -0.05) is 6.92 Å². The van der Waals surface area contributed by atoms with Crippen molar-refractivity contribution in [3.8, 4) is 0 Å². The zero-order chi connectivity index (χ0) is 13.9. The van der Waals surface area contributed by atoms with Crippen LogP contribution in [0.25, 0.3) is 0 Å². The maximum absolute atomic E-state index is 10.8. The molecular formula is C12H16N2O4. The molecule has 0 saturated carbocycles. The molecule has 0 amide bonds. The van der Waals surface area contributed by atoms with Gasteiger partial charge >= 0.3 is 5.97 Å². The SMILES string of the molecule is Cc1cc([N+](=O)[O-])ccc1N(C)CC(C)C(=O)O. The number of hydrogen-bond acceptors (Lipinski definition) is 4. The fraction of sp³-hybridized carbons (Fsp3) is 0.417. The Morgan fingerprint density at radius 1 is 1.56 bits per heavy atom. The third-order valence-corrected chi connectivity index (χ3v) is 2.77. The van der Waals surface area contributed by atoms with Gasteiger partial charge in [0.15, 0.2) is 0 Å². The summed E-state index contributed by atoms with van der Waals surface area (Å²) in [6, 6.07) is 4.55. The molecule has 0 radical (unpaired) electrons. The van der Waals surface area contributed by atoms with Gasteiger partial charge in [0, 0.05) is 31.4 Å². The van der Waals surface area contributed by atoms with E-state index in [9.17, 15) is 14.9 Å². The molecular weight excluding hydrogens is 236 g/mol. The quantitative estimate of drug-likeness (QED) is 0.640. The number of carbonyl (C=O) groups is 1. The standard InChI is InChI=1S/C12H16N2O4/c1-8-6-10(14(17)18)4-5-11(8)13(3)7-9(2)12(15)16/h4-6,9H,7H2,1-3H3,(H,15,16). The minimum absolute atomic E-state index is 0.0379. The average Bonchev–Trinajstić information content (AvgIpc) is 2.28. The molecule has 0 saturated heterocycles. The Morgan fingerprint density at radius 2 is 2.17 bits per heavy atom. The monoisotopic (exact) mass is 252 g/mol. The fourth-order valence-corrected chi connectivity index (χ4v) is 1.77. The lowest BCUT2D eigenvalue weighted by molar-refractivity contribution is -0.384. The number of nitro benzene ring substituents is 1. The van der Waals surface area contributed by atoms with Crippen molar-refractivity contribution in [1.29, 1.82) is 0 Å². The van der Waals surface area contributed by atoms with E-state index >= 15 is 0 Å². The van der Waals surface area contributed by atoms with Crippen LogP contribution >= 0.6 is 0 Å². The molecule has 1 rings (SSSR count). The number of nitrogens with zero attached hydrogens (tertiary/aromatic N) is 2. The highest BCUT2D eigenvalue weighted by molar-refractivity contribution is 5.70. The third kappa shape index (κ3) is 3.19. The fourth-order valence-electron chi connectivity index (χ4n) is 1.77. The highest BCUT2D eigenvalue weighted by atomic mass is 16.6. The van der Waals surface area contributed by atoms with Crippen LogP contribution in [-0.4, -0.2) is 29.6 Å². The van der Waals surface area contributed by atoms with Gasteiger partial charge in [0.1, 0.15) is 0 Å². The van der Waals surface area contributed by atoms with Crippen LogP contribution in [0.4, 0.5) is 11.4 Å². The molecule has 0 aliphatic rings. The van der Waals surface area contributed by atoms with Crippen molar-refractivity contribution in [3.63, 3.8) is 0 Å². The van der Waals surface area contributed by atoms with E-state index in [4.69, 9.17) is 5.11 Å². The lowest BCUT2D eigenvalue weighted by atomic mass is 10.1. The summed E-state index contributed by atoms with van der Waals surface area (Å²) in [5.41, 5.74) is 1.59. The summed E-state index contributed by atoms with van der Waals surface area (Å²) in [5, 5.41) is 19.5. The van der Waals surface area contributed by atoms with E-state index < -0.39 is 16.8 Å². The first-order chi connectivity index (χ1) is 8.32. The van der Waals surface area contributed by atoms with Crippen LogP contribution in [0, 0.1) is 23.0 Å². The largest absolute Gasteiger partial charge is 0.481 e. The predicted molar refractivity (Wildman–Crippen MR) is 67.9 cm³/mol. The smallest absolute Gasteiger partial charge is 0.308 e. The number of rotatable bonds is 5. The summed E-state index contributed by atoms with van der Waals surface area (Å²) in [7, 11) is 1.77. The average molecular weight is 252 g/mol. The van der Waals surface area contributed by atoms with E-state index in [1.54, 1.807) is 31.9 Å². The molecule has 1 unspecified atom stereocenters. The van der Waals surface area contributed by atoms with Gasteiger partial charge in [-0.3, -0.25) is 14.9 Å². The predicted octanol–water partition coefficient (Wildman–Crippen LogP) is 2.06.